The number of rotatable bonds is 3. The molecule has 88 valence electrons. The number of carbonyl (C=O) groups excluding carboxylic acids is 1. The Morgan fingerprint density at radius 2 is 2.12 bits per heavy atom. The van der Waals surface area contributed by atoms with Crippen molar-refractivity contribution in [3.63, 3.8) is 0 Å². The third kappa shape index (κ3) is 2.50. The van der Waals surface area contributed by atoms with Crippen molar-refractivity contribution in [1.82, 2.24) is 15.6 Å². The number of nitrogens with one attached hydrogen (secondary N) is 1. The minimum absolute atomic E-state index is 0.0427. The third-order valence-electron chi connectivity index (χ3n) is 3.01. The summed E-state index contributed by atoms with van der Waals surface area (Å²) >= 11 is 0. The van der Waals surface area contributed by atoms with Crippen LogP contribution in [0.4, 0.5) is 5.82 Å². The lowest BCUT2D eigenvalue weighted by Gasteiger charge is -2.21. The fourth-order valence-corrected chi connectivity index (χ4v) is 2.07. The lowest BCUT2D eigenvalue weighted by atomic mass is 9.89. The zero-order chi connectivity index (χ0) is 11.4. The molecule has 1 aliphatic carbocycles. The molecule has 0 aromatic carbocycles. The van der Waals surface area contributed by atoms with Crippen molar-refractivity contribution in [2.45, 2.75) is 32.1 Å². The molecule has 1 fully saturated rings. The number of hydrogen-bond donors (Lipinski definition) is 2. The summed E-state index contributed by atoms with van der Waals surface area (Å²) in [5.74, 6) is 0.323. The fourth-order valence-electron chi connectivity index (χ4n) is 2.07. The molecule has 16 heavy (non-hydrogen) atoms. The highest BCUT2D eigenvalue weighted by molar-refractivity contribution is 5.95. The second-order valence-corrected chi connectivity index (χ2v) is 4.21. The van der Waals surface area contributed by atoms with Gasteiger partial charge in [-0.05, 0) is 29.1 Å². The van der Waals surface area contributed by atoms with E-state index in [0.29, 0.717) is 12.5 Å². The van der Waals surface area contributed by atoms with Gasteiger partial charge in [-0.2, -0.15) is 0 Å². The Balaban J connectivity index is 1.81. The smallest absolute Gasteiger partial charge is 0.277 e. The molecule has 0 unspecified atom stereocenters. The number of anilines is 1. The highest BCUT2D eigenvalue weighted by Gasteiger charge is 2.18. The zero-order valence-corrected chi connectivity index (χ0v) is 9.11. The van der Waals surface area contributed by atoms with Gasteiger partial charge in [-0.3, -0.25) is 4.79 Å². The van der Waals surface area contributed by atoms with E-state index in [1.807, 2.05) is 0 Å². The average molecular weight is 224 g/mol. The van der Waals surface area contributed by atoms with Gasteiger partial charge in [0.15, 0.2) is 0 Å². The Bertz CT molecular complexity index is 357. The second-order valence-electron chi connectivity index (χ2n) is 4.21. The molecule has 0 atom stereocenters. The number of nitrogens with zero attached hydrogens (tertiary/aromatic N) is 2. The van der Waals surface area contributed by atoms with Crippen molar-refractivity contribution in [1.29, 1.82) is 0 Å². The molecule has 2 rings (SSSR count). The molecule has 0 spiro atoms. The van der Waals surface area contributed by atoms with Gasteiger partial charge in [-0.25, -0.2) is 4.63 Å². The van der Waals surface area contributed by atoms with Gasteiger partial charge in [0, 0.05) is 6.54 Å². The molecule has 1 aromatic heterocycles. The molecule has 1 aromatic rings. The van der Waals surface area contributed by atoms with E-state index in [2.05, 4.69) is 20.3 Å². The first kappa shape index (κ1) is 10.9. The van der Waals surface area contributed by atoms with Gasteiger partial charge < -0.3 is 11.1 Å². The maximum atomic E-state index is 11.6. The van der Waals surface area contributed by atoms with Crippen LogP contribution in [0.5, 0.6) is 0 Å². The summed E-state index contributed by atoms with van der Waals surface area (Å²) in [4.78, 5) is 11.6. The summed E-state index contributed by atoms with van der Waals surface area (Å²) in [5.41, 5.74) is 5.50. The molecule has 6 heteroatoms. The van der Waals surface area contributed by atoms with E-state index < -0.39 is 0 Å². The van der Waals surface area contributed by atoms with Gasteiger partial charge in [0.25, 0.3) is 5.91 Å². The van der Waals surface area contributed by atoms with E-state index in [4.69, 9.17) is 5.73 Å². The normalized spacial score (nSPS) is 17.2. The molecule has 6 nitrogen and oxygen atoms in total. The van der Waals surface area contributed by atoms with Crippen LogP contribution in [0.2, 0.25) is 0 Å². The Morgan fingerprint density at radius 3 is 2.75 bits per heavy atom. The monoisotopic (exact) mass is 224 g/mol. The van der Waals surface area contributed by atoms with Crippen LogP contribution < -0.4 is 11.1 Å². The highest BCUT2D eigenvalue weighted by Crippen LogP contribution is 2.22. The molecule has 1 heterocycles. The SMILES string of the molecule is Nc1nonc1C(=O)NCC1CCCCC1. The molecular formula is C10H16N4O2. The summed E-state index contributed by atoms with van der Waals surface area (Å²) < 4.78 is 4.37. The number of nitrogen functional groups attached to an aromatic ring is 1. The Hall–Kier alpha value is -1.59. The van der Waals surface area contributed by atoms with Gasteiger partial charge in [0.05, 0.1) is 0 Å². The molecule has 0 aliphatic heterocycles. The standard InChI is InChI=1S/C10H16N4O2/c11-9-8(13-16-14-9)10(15)12-6-7-4-2-1-3-5-7/h7H,1-6H2,(H2,11,14)(H,12,15). The van der Waals surface area contributed by atoms with E-state index in [0.717, 1.165) is 0 Å². The van der Waals surface area contributed by atoms with Crippen molar-refractivity contribution < 1.29 is 9.42 Å². The van der Waals surface area contributed by atoms with Gasteiger partial charge >= 0.3 is 0 Å². The minimum atomic E-state index is -0.302. The van der Waals surface area contributed by atoms with Crippen molar-refractivity contribution in [3.8, 4) is 0 Å². The van der Waals surface area contributed by atoms with Crippen molar-refractivity contribution >= 4 is 11.7 Å². The molecule has 3 N–H and O–H groups in total. The topological polar surface area (TPSA) is 94.0 Å². The van der Waals surface area contributed by atoms with E-state index in [-0.39, 0.29) is 17.4 Å². The third-order valence-corrected chi connectivity index (χ3v) is 3.01. The Morgan fingerprint density at radius 1 is 1.38 bits per heavy atom. The zero-order valence-electron chi connectivity index (χ0n) is 9.11. The fraction of sp³-hybridized carbons (Fsp3) is 0.700. The largest absolute Gasteiger partial charge is 0.379 e. The van der Waals surface area contributed by atoms with E-state index in [1.165, 1.54) is 32.1 Å². The lowest BCUT2D eigenvalue weighted by Crippen LogP contribution is -2.30. The first-order valence-corrected chi connectivity index (χ1v) is 5.63. The van der Waals surface area contributed by atoms with Gasteiger partial charge in [-0.15, -0.1) is 0 Å². The van der Waals surface area contributed by atoms with E-state index in [9.17, 15) is 4.79 Å². The van der Waals surface area contributed by atoms with Crippen LogP contribution in [0.15, 0.2) is 4.63 Å². The summed E-state index contributed by atoms with van der Waals surface area (Å²) in [6.07, 6.45) is 6.20. The minimum Gasteiger partial charge on any atom is -0.379 e. The van der Waals surface area contributed by atoms with E-state index in [1.54, 1.807) is 0 Å². The van der Waals surface area contributed by atoms with Gasteiger partial charge in [0.2, 0.25) is 11.5 Å². The van der Waals surface area contributed by atoms with Crippen molar-refractivity contribution in [2.24, 2.45) is 5.92 Å². The van der Waals surface area contributed by atoms with Crippen LogP contribution in [0.3, 0.4) is 0 Å². The van der Waals surface area contributed by atoms with Crippen LogP contribution in [-0.2, 0) is 0 Å². The molecule has 0 bridgehead atoms. The van der Waals surface area contributed by atoms with Crippen LogP contribution in [0.25, 0.3) is 0 Å². The van der Waals surface area contributed by atoms with Crippen molar-refractivity contribution in [3.05, 3.63) is 5.69 Å². The number of nitrogens with two attached hydrogens (primary N) is 1. The summed E-state index contributed by atoms with van der Waals surface area (Å²) in [7, 11) is 0. The Kier molecular flexibility index (Phi) is 3.38. The average Bonchev–Trinajstić information content (AvgIpc) is 2.74. The summed E-state index contributed by atoms with van der Waals surface area (Å²) in [6, 6.07) is 0. The quantitative estimate of drug-likeness (QED) is 0.797. The number of amides is 1. The molecule has 1 aliphatic rings. The second kappa shape index (κ2) is 4.96. The van der Waals surface area contributed by atoms with Crippen LogP contribution in [0.1, 0.15) is 42.6 Å². The molecule has 0 saturated heterocycles. The molecule has 0 radical (unpaired) electrons. The predicted molar refractivity (Wildman–Crippen MR) is 57.6 cm³/mol. The van der Waals surface area contributed by atoms with Gasteiger partial charge in [0.1, 0.15) is 0 Å². The van der Waals surface area contributed by atoms with Crippen LogP contribution in [-0.4, -0.2) is 22.8 Å². The molecule has 1 saturated carbocycles. The number of aromatic nitrogens is 2. The number of hydrogen-bond acceptors (Lipinski definition) is 5. The predicted octanol–water partition coefficient (Wildman–Crippen LogP) is 0.962. The molecule has 1 amide bonds. The maximum absolute atomic E-state index is 11.6. The van der Waals surface area contributed by atoms with Crippen LogP contribution in [0, 0.1) is 5.92 Å². The Labute approximate surface area is 93.5 Å². The summed E-state index contributed by atoms with van der Waals surface area (Å²) in [6.45, 7) is 0.686. The van der Waals surface area contributed by atoms with Gasteiger partial charge in [-0.1, -0.05) is 19.3 Å². The maximum Gasteiger partial charge on any atom is 0.277 e. The van der Waals surface area contributed by atoms with Crippen LogP contribution >= 0.6 is 0 Å². The number of carbonyl (C=O) groups is 1. The van der Waals surface area contributed by atoms with E-state index >= 15 is 0 Å². The first-order valence-electron chi connectivity index (χ1n) is 5.63. The lowest BCUT2D eigenvalue weighted by molar-refractivity contribution is 0.0934. The molecular weight excluding hydrogens is 208 g/mol. The first-order chi connectivity index (χ1) is 7.77. The summed E-state index contributed by atoms with van der Waals surface area (Å²) in [5, 5.41) is 9.63. The highest BCUT2D eigenvalue weighted by atomic mass is 16.6. The van der Waals surface area contributed by atoms with Crippen molar-refractivity contribution in [2.75, 3.05) is 12.3 Å².